The van der Waals surface area contributed by atoms with Crippen molar-refractivity contribution in [3.8, 4) is 89.5 Å². The van der Waals surface area contributed by atoms with Crippen molar-refractivity contribution in [1.29, 1.82) is 0 Å². The van der Waals surface area contributed by atoms with Crippen LogP contribution in [0, 0.1) is 34.5 Å². The van der Waals surface area contributed by atoms with Crippen LogP contribution >= 0.6 is 0 Å². The maximum absolute atomic E-state index is 8.44. The summed E-state index contributed by atoms with van der Waals surface area (Å²) in [7, 11) is 8.37. The Bertz CT molecular complexity index is 5420. The molecule has 0 saturated heterocycles. The first-order valence-corrected chi connectivity index (χ1v) is 35.6. The van der Waals surface area contributed by atoms with Gasteiger partial charge in [-0.05, 0) is 189 Å². The molecule has 4 aliphatic rings. The molecule has 8 aromatic carbocycles. The molecule has 0 radical (unpaired) electrons. The summed E-state index contributed by atoms with van der Waals surface area (Å²) in [5.41, 5.74) is 39.3. The van der Waals surface area contributed by atoms with E-state index in [-0.39, 0.29) is 21.7 Å². The highest BCUT2D eigenvalue weighted by Crippen LogP contribution is 2.58. The summed E-state index contributed by atoms with van der Waals surface area (Å²) in [6, 6.07) is 69.0. The fraction of sp³-hybridized carbons (Fsp3) is 0.284. The lowest BCUT2D eigenvalue weighted by molar-refractivity contribution is -0.660. The molecule has 12 aromatic rings. The maximum Gasteiger partial charge on any atom is 0.213 e. The van der Waals surface area contributed by atoms with Crippen molar-refractivity contribution in [3.63, 3.8) is 0 Å². The lowest BCUT2D eigenvalue weighted by atomic mass is 9.78. The Morgan fingerprint density at radius 3 is 0.990 bits per heavy atom. The third-order valence-electron chi connectivity index (χ3n) is 22.8. The molecular formula is C95H102N4+4. The second kappa shape index (κ2) is 25.9. The first-order valence-electron chi connectivity index (χ1n) is 38.1. The second-order valence-corrected chi connectivity index (χ2v) is 30.1. The van der Waals surface area contributed by atoms with Crippen LogP contribution in [0.4, 0.5) is 0 Å². The van der Waals surface area contributed by atoms with E-state index in [0.29, 0.717) is 5.56 Å². The molecule has 99 heavy (non-hydrogen) atoms. The average Bonchev–Trinajstić information content (AvgIpc) is 1.57. The van der Waals surface area contributed by atoms with E-state index in [9.17, 15) is 0 Å². The zero-order valence-corrected chi connectivity index (χ0v) is 62.0. The van der Waals surface area contributed by atoms with E-state index < -0.39 is 13.2 Å². The molecule has 4 nitrogen and oxygen atoms in total. The van der Waals surface area contributed by atoms with E-state index in [0.717, 1.165) is 68.7 Å². The lowest BCUT2D eigenvalue weighted by Gasteiger charge is -2.25. The molecule has 0 N–H and O–H groups in total. The third kappa shape index (κ3) is 11.0. The quantitative estimate of drug-likeness (QED) is 0.141. The van der Waals surface area contributed by atoms with E-state index in [4.69, 9.17) is 6.85 Å². The molecule has 0 bridgehead atoms. The minimum atomic E-state index is -2.15. The van der Waals surface area contributed by atoms with Crippen LogP contribution in [0.5, 0.6) is 0 Å². The van der Waals surface area contributed by atoms with Crippen LogP contribution in [-0.2, 0) is 69.1 Å². The van der Waals surface area contributed by atoms with Crippen LogP contribution in [0.2, 0.25) is 0 Å². The van der Waals surface area contributed by atoms with Crippen molar-refractivity contribution in [2.24, 2.45) is 28.2 Å². The van der Waals surface area contributed by atoms with Crippen molar-refractivity contribution in [2.45, 2.75) is 152 Å². The Labute approximate surface area is 599 Å². The lowest BCUT2D eigenvalue weighted by Crippen LogP contribution is -2.30. The zero-order valence-electron chi connectivity index (χ0n) is 67.0. The summed E-state index contributed by atoms with van der Waals surface area (Å²) < 4.78 is 50.1. The molecule has 4 aromatic heterocycles. The van der Waals surface area contributed by atoms with E-state index in [1.807, 2.05) is 56.6 Å². The van der Waals surface area contributed by atoms with Gasteiger partial charge in [-0.25, -0.2) is 18.3 Å². The van der Waals surface area contributed by atoms with Gasteiger partial charge >= 0.3 is 0 Å². The van der Waals surface area contributed by atoms with Crippen LogP contribution in [0.25, 0.3) is 89.5 Å². The van der Waals surface area contributed by atoms with Crippen molar-refractivity contribution >= 4 is 0 Å². The van der Waals surface area contributed by atoms with Crippen LogP contribution < -0.4 is 18.3 Å². The van der Waals surface area contributed by atoms with Gasteiger partial charge < -0.3 is 0 Å². The molecule has 498 valence electrons. The van der Waals surface area contributed by atoms with Crippen LogP contribution in [-0.4, -0.2) is 0 Å². The van der Waals surface area contributed by atoms with Gasteiger partial charge in [0.05, 0.1) is 22.3 Å². The smallest absolute Gasteiger partial charge is 0.201 e. The van der Waals surface area contributed by atoms with Gasteiger partial charge in [0.2, 0.25) is 22.8 Å². The van der Waals surface area contributed by atoms with Gasteiger partial charge in [-0.3, -0.25) is 0 Å². The molecule has 4 heterocycles. The molecule has 0 atom stereocenters. The first kappa shape index (κ1) is 61.7. The maximum atomic E-state index is 8.44. The molecule has 0 aliphatic heterocycles. The third-order valence-corrected chi connectivity index (χ3v) is 22.8. The molecule has 0 fully saturated rings. The Balaban J connectivity index is 0.000000123. The van der Waals surface area contributed by atoms with Crippen molar-refractivity contribution in [2.75, 3.05) is 0 Å². The number of hydrogen-bond donors (Lipinski definition) is 0. The van der Waals surface area contributed by atoms with Gasteiger partial charge in [0, 0.05) is 99.3 Å². The standard InChI is InChI=1S/3C24H26N.C23H24N/c2*1-6-17-15-20-23(18-11-7-8-12-19(18)24(20,3)4)22(16(17)2)21-13-9-10-14-25(21)5;1-6-17-15-16(2)21(20-13-9-10-14-25(20)5)22-18-11-7-8-12-19(18)24(3,4)23(17)22;1-15-14-16(2)22-21(20(15)19-12-8-9-13-24(19)5)17-10-6-7-11-18(17)23(22,3)4/h3*7-15H,6H2,1-5H3;6-14H,1-5H3/q4*+1/i6D2;;;2D3. The Morgan fingerprint density at radius 1 is 0.303 bits per heavy atom. The normalized spacial score (nSPS) is 15.3. The van der Waals surface area contributed by atoms with Gasteiger partial charge in [0.1, 0.15) is 28.2 Å². The number of nitrogens with zero attached hydrogens (tertiary/aromatic N) is 4. The summed E-state index contributed by atoms with van der Waals surface area (Å²) in [6.07, 6.45) is 9.11. The molecule has 0 saturated carbocycles. The van der Waals surface area contributed by atoms with Gasteiger partial charge in [-0.2, -0.15) is 0 Å². The number of hydrogen-bond acceptors (Lipinski definition) is 0. The Hall–Kier alpha value is -9.64. The van der Waals surface area contributed by atoms with Crippen molar-refractivity contribution in [3.05, 3.63) is 308 Å². The summed E-state index contributed by atoms with van der Waals surface area (Å²) in [4.78, 5) is 0. The minimum absolute atomic E-state index is 0.0473. The second-order valence-electron chi connectivity index (χ2n) is 30.1. The number of benzene rings is 8. The number of aryl methyl sites for hydroxylation is 10. The monoisotopic (exact) mass is 1300 g/mol. The molecule has 16 rings (SSSR count). The zero-order chi connectivity index (χ0) is 74.7. The number of rotatable bonds is 7. The Kier molecular flexibility index (Phi) is 16.1. The van der Waals surface area contributed by atoms with Crippen LogP contribution in [0.3, 0.4) is 0 Å². The minimum Gasteiger partial charge on any atom is -0.201 e. The first-order chi connectivity index (χ1) is 49.2. The summed E-state index contributed by atoms with van der Waals surface area (Å²) >= 11 is 0. The predicted molar refractivity (Wildman–Crippen MR) is 414 cm³/mol. The fourth-order valence-electron chi connectivity index (χ4n) is 17.7. The molecule has 0 spiro atoms. The number of fused-ring (bicyclic) bond motifs is 12. The van der Waals surface area contributed by atoms with Gasteiger partial charge in [0.25, 0.3) is 0 Å². The summed E-state index contributed by atoms with van der Waals surface area (Å²) in [5, 5.41) is 0. The summed E-state index contributed by atoms with van der Waals surface area (Å²) in [5.74, 6) is 0. The van der Waals surface area contributed by atoms with Crippen LogP contribution in [0.1, 0.15) is 172 Å². The van der Waals surface area contributed by atoms with E-state index in [1.54, 1.807) is 6.92 Å². The van der Waals surface area contributed by atoms with E-state index >= 15 is 0 Å². The topological polar surface area (TPSA) is 15.5 Å². The molecule has 0 unspecified atom stereocenters. The van der Waals surface area contributed by atoms with Crippen LogP contribution in [0.15, 0.2) is 219 Å². The largest absolute Gasteiger partial charge is 0.213 e. The van der Waals surface area contributed by atoms with E-state index in [2.05, 4.69) is 306 Å². The average molecular weight is 1300 g/mol. The molecule has 4 aliphatic carbocycles. The van der Waals surface area contributed by atoms with Gasteiger partial charge in [-0.15, -0.1) is 0 Å². The number of aromatic nitrogens is 4. The predicted octanol–water partition coefficient (Wildman–Crippen LogP) is 21.2. The van der Waals surface area contributed by atoms with Gasteiger partial charge in [0.15, 0.2) is 24.8 Å². The highest BCUT2D eigenvalue weighted by Gasteiger charge is 2.44. The molecule has 4 heteroatoms. The van der Waals surface area contributed by atoms with Gasteiger partial charge in [-0.1, -0.05) is 197 Å². The highest BCUT2D eigenvalue weighted by atomic mass is 14.9. The van der Waals surface area contributed by atoms with Crippen molar-refractivity contribution in [1.82, 2.24) is 0 Å². The summed E-state index contributed by atoms with van der Waals surface area (Å²) in [6.45, 7) is 30.9. The number of pyridine rings is 4. The van der Waals surface area contributed by atoms with Crippen molar-refractivity contribution < 1.29 is 25.1 Å². The molecular weight excluding hydrogens is 1200 g/mol. The molecule has 0 amide bonds. The highest BCUT2D eigenvalue weighted by molar-refractivity contribution is 5.97. The fourth-order valence-corrected chi connectivity index (χ4v) is 17.7. The van der Waals surface area contributed by atoms with E-state index in [1.165, 1.54) is 117 Å². The Morgan fingerprint density at radius 2 is 0.616 bits per heavy atom. The SMILES string of the molecule is CCc1cc(C)c(-c2cccc[n+]2C)c2c1C(C)(C)c1ccccc1-2.CCc1cc2c(c(-c3cccc[n+]3C)c1C)-c1ccccc1C2(C)C.[2H]C([2H])(C)c1cc2c(c(-c3cccc[n+]3C)c1C)-c1ccccc1C2(C)C.[2H]C([2H])([2H])c1cc(C)c(-c2cccc[n+]2C)c2c1C(C)(C)c1ccccc1-2.